The molecule has 1 unspecified atom stereocenters. The van der Waals surface area contributed by atoms with Crippen molar-refractivity contribution in [3.05, 3.63) is 71.3 Å². The Morgan fingerprint density at radius 1 is 1.41 bits per heavy atom. The second kappa shape index (κ2) is 8.57. The van der Waals surface area contributed by atoms with E-state index in [2.05, 4.69) is 21.1 Å². The van der Waals surface area contributed by atoms with Gasteiger partial charge in [-0.25, -0.2) is 0 Å². The molecule has 2 atom stereocenters. The van der Waals surface area contributed by atoms with Crippen LogP contribution in [0.3, 0.4) is 0 Å². The molecule has 0 amide bonds. The van der Waals surface area contributed by atoms with Crippen molar-refractivity contribution in [1.82, 2.24) is 0 Å². The molecule has 0 saturated heterocycles. The summed E-state index contributed by atoms with van der Waals surface area (Å²) in [5.74, 6) is 0. The van der Waals surface area contributed by atoms with Crippen LogP contribution in [0.2, 0.25) is 0 Å². The number of hydrogen-bond donors (Lipinski definition) is 0. The van der Waals surface area contributed by atoms with Crippen molar-refractivity contribution in [3.63, 3.8) is 0 Å². The Morgan fingerprint density at radius 3 is 2.74 bits per heavy atom. The van der Waals surface area contributed by atoms with Gasteiger partial charge in [0.15, 0.2) is 0 Å². The Hall–Kier alpha value is -2.33. The maximum atomic E-state index is 13.9. The highest BCUT2D eigenvalue weighted by atomic mass is 79.9. The van der Waals surface area contributed by atoms with Crippen molar-refractivity contribution in [2.24, 2.45) is 5.16 Å². The molecule has 0 N–H and O–H groups in total. The van der Waals surface area contributed by atoms with Crippen molar-refractivity contribution < 1.29 is 18.0 Å². The molecule has 2 rings (SSSR count). The summed E-state index contributed by atoms with van der Waals surface area (Å²) in [6, 6.07) is 7.19. The van der Waals surface area contributed by atoms with E-state index < -0.39 is 18.2 Å². The standard InChI is InChI=1S/C20H18BrF3N2O/c1-3-15(8-7-14(2)21)9-10-18-12-19(27-26-18,20(22,23)24)17-6-4-5-16(11-17)13-25/h3-11,14H,12H2,1-2H3/b8-7-,10-9-,15-3+/t14-,19?/m1/s1. The van der Waals surface area contributed by atoms with Gasteiger partial charge in [-0.1, -0.05) is 57.5 Å². The number of nitriles is 1. The van der Waals surface area contributed by atoms with E-state index in [9.17, 15) is 13.2 Å². The summed E-state index contributed by atoms with van der Waals surface area (Å²) in [6.07, 6.45) is 3.67. The van der Waals surface area contributed by atoms with Crippen LogP contribution in [0.4, 0.5) is 13.2 Å². The summed E-state index contributed by atoms with van der Waals surface area (Å²) in [7, 11) is 0. The Labute approximate surface area is 164 Å². The molecule has 142 valence electrons. The fourth-order valence-electron chi connectivity index (χ4n) is 2.54. The van der Waals surface area contributed by atoms with Crippen molar-refractivity contribution >= 4 is 21.6 Å². The third-order valence-electron chi connectivity index (χ3n) is 4.02. The minimum absolute atomic E-state index is 0.133. The normalized spacial score (nSPS) is 22.0. The first-order valence-corrected chi connectivity index (χ1v) is 9.12. The van der Waals surface area contributed by atoms with E-state index in [1.807, 2.05) is 38.1 Å². The van der Waals surface area contributed by atoms with Crippen molar-refractivity contribution in [1.29, 1.82) is 5.26 Å². The van der Waals surface area contributed by atoms with Crippen molar-refractivity contribution in [3.8, 4) is 6.07 Å². The number of alkyl halides is 4. The van der Waals surface area contributed by atoms with Crippen LogP contribution in [0.25, 0.3) is 0 Å². The molecule has 1 aromatic rings. The predicted octanol–water partition coefficient (Wildman–Crippen LogP) is 5.93. The molecule has 7 heteroatoms. The molecule has 1 aromatic carbocycles. The van der Waals surface area contributed by atoms with E-state index in [-0.39, 0.29) is 21.7 Å². The number of rotatable bonds is 5. The maximum absolute atomic E-state index is 13.9. The average Bonchev–Trinajstić information content (AvgIpc) is 3.07. The zero-order chi connectivity index (χ0) is 20.1. The van der Waals surface area contributed by atoms with Gasteiger partial charge < -0.3 is 4.84 Å². The third-order valence-corrected chi connectivity index (χ3v) is 4.33. The number of oxime groups is 1. The minimum atomic E-state index is -4.69. The van der Waals surface area contributed by atoms with Gasteiger partial charge in [0.05, 0.1) is 17.3 Å². The number of halogens is 4. The van der Waals surface area contributed by atoms with E-state index in [0.717, 1.165) is 5.57 Å². The van der Waals surface area contributed by atoms with Crippen LogP contribution in [0.5, 0.6) is 0 Å². The Kier molecular flexibility index (Phi) is 6.66. The van der Waals surface area contributed by atoms with E-state index in [0.29, 0.717) is 0 Å². The van der Waals surface area contributed by atoms with Gasteiger partial charge in [0.2, 0.25) is 0 Å². The van der Waals surface area contributed by atoms with Crippen molar-refractivity contribution in [2.45, 2.75) is 36.9 Å². The highest BCUT2D eigenvalue weighted by Crippen LogP contribution is 2.48. The predicted molar refractivity (Wildman–Crippen MR) is 102 cm³/mol. The van der Waals surface area contributed by atoms with E-state index >= 15 is 0 Å². The van der Waals surface area contributed by atoms with E-state index in [1.165, 1.54) is 30.3 Å². The van der Waals surface area contributed by atoms with Crippen molar-refractivity contribution in [2.75, 3.05) is 0 Å². The van der Waals surface area contributed by atoms with Gasteiger partial charge in [-0.05, 0) is 37.6 Å². The van der Waals surface area contributed by atoms with Gasteiger partial charge in [-0.3, -0.25) is 0 Å². The molecule has 0 aliphatic carbocycles. The smallest absolute Gasteiger partial charge is 0.374 e. The van der Waals surface area contributed by atoms with Gasteiger partial charge >= 0.3 is 6.18 Å². The molecule has 27 heavy (non-hydrogen) atoms. The SMILES string of the molecule is C/C=C(/C=C\C1=NOC(c2cccc(C#N)c2)(C(F)(F)F)C1)\C=C/[C@@H](C)Br. The van der Waals surface area contributed by atoms with E-state index in [4.69, 9.17) is 10.1 Å². The topological polar surface area (TPSA) is 45.4 Å². The zero-order valence-corrected chi connectivity index (χ0v) is 16.4. The first kappa shape index (κ1) is 21.0. The van der Waals surface area contributed by atoms with Gasteiger partial charge in [0.25, 0.3) is 5.60 Å². The lowest BCUT2D eigenvalue weighted by molar-refractivity contribution is -0.275. The second-order valence-electron chi connectivity index (χ2n) is 6.03. The maximum Gasteiger partial charge on any atom is 0.435 e. The summed E-state index contributed by atoms with van der Waals surface area (Å²) in [5, 5.41) is 12.6. The minimum Gasteiger partial charge on any atom is -0.374 e. The van der Waals surface area contributed by atoms with Gasteiger partial charge in [0.1, 0.15) is 0 Å². The van der Waals surface area contributed by atoms with Crippen LogP contribution < -0.4 is 0 Å². The molecule has 3 nitrogen and oxygen atoms in total. The first-order valence-electron chi connectivity index (χ1n) is 8.21. The monoisotopic (exact) mass is 438 g/mol. The average molecular weight is 439 g/mol. The fourth-order valence-corrected chi connectivity index (χ4v) is 2.69. The van der Waals surface area contributed by atoms with Crippen LogP contribution in [-0.4, -0.2) is 16.7 Å². The largest absolute Gasteiger partial charge is 0.435 e. The highest BCUT2D eigenvalue weighted by molar-refractivity contribution is 9.09. The van der Waals surface area contributed by atoms with Crippen LogP contribution in [0.15, 0.2) is 65.4 Å². The zero-order valence-electron chi connectivity index (χ0n) is 14.8. The van der Waals surface area contributed by atoms with Crippen LogP contribution in [-0.2, 0) is 10.4 Å². The van der Waals surface area contributed by atoms with E-state index in [1.54, 1.807) is 6.08 Å². The third kappa shape index (κ3) is 4.89. The molecular weight excluding hydrogens is 421 g/mol. The van der Waals surface area contributed by atoms with Crippen LogP contribution in [0, 0.1) is 11.3 Å². The molecule has 1 aliphatic heterocycles. The van der Waals surface area contributed by atoms with Crippen LogP contribution >= 0.6 is 15.9 Å². The first-order chi connectivity index (χ1) is 12.7. The molecule has 0 bridgehead atoms. The highest BCUT2D eigenvalue weighted by Gasteiger charge is 2.62. The Morgan fingerprint density at radius 2 is 2.15 bits per heavy atom. The summed E-state index contributed by atoms with van der Waals surface area (Å²) in [6.45, 7) is 3.79. The number of hydrogen-bond acceptors (Lipinski definition) is 3. The summed E-state index contributed by atoms with van der Waals surface area (Å²) >= 11 is 3.39. The number of allylic oxidation sites excluding steroid dienone is 6. The lowest BCUT2D eigenvalue weighted by Gasteiger charge is -2.29. The molecular formula is C20H18BrF3N2O. The molecule has 0 fully saturated rings. The number of nitrogens with zero attached hydrogens (tertiary/aromatic N) is 2. The van der Waals surface area contributed by atoms with Gasteiger partial charge in [-0.2, -0.15) is 18.4 Å². The summed E-state index contributed by atoms with van der Waals surface area (Å²) in [5.41, 5.74) is -1.58. The Balaban J connectivity index is 2.29. The fraction of sp³-hybridized carbons (Fsp3) is 0.300. The lowest BCUT2D eigenvalue weighted by Crippen LogP contribution is -2.42. The molecule has 0 radical (unpaired) electrons. The quantitative estimate of drug-likeness (QED) is 0.422. The molecule has 0 saturated carbocycles. The number of benzene rings is 1. The lowest BCUT2D eigenvalue weighted by atomic mass is 9.87. The summed E-state index contributed by atoms with van der Waals surface area (Å²) in [4.78, 5) is 5.10. The van der Waals surface area contributed by atoms with Gasteiger partial charge in [0, 0.05) is 16.8 Å². The molecule has 0 aromatic heterocycles. The molecule has 1 heterocycles. The summed E-state index contributed by atoms with van der Waals surface area (Å²) < 4.78 is 41.6. The van der Waals surface area contributed by atoms with Crippen LogP contribution in [0.1, 0.15) is 31.4 Å². The second-order valence-corrected chi connectivity index (χ2v) is 7.47. The van der Waals surface area contributed by atoms with Gasteiger partial charge in [-0.15, -0.1) is 0 Å². The molecule has 1 aliphatic rings. The molecule has 0 spiro atoms. The Bertz CT molecular complexity index is 848.